The largest absolute Gasteiger partial charge is 0.477 e. The third-order valence-corrected chi connectivity index (χ3v) is 5.38. The molecule has 0 spiro atoms. The molecule has 1 unspecified atom stereocenters. The van der Waals surface area contributed by atoms with E-state index in [-0.39, 0.29) is 9.62 Å². The average molecular weight is 231 g/mol. The molecular weight excluding hydrogens is 222 g/mol. The molecule has 2 rings (SSSR count). The van der Waals surface area contributed by atoms with Gasteiger partial charge >= 0.3 is 5.97 Å². The summed E-state index contributed by atoms with van der Waals surface area (Å²) in [5.41, 5.74) is 0. The second kappa shape index (κ2) is 3.13. The molecule has 1 atom stereocenters. The van der Waals surface area contributed by atoms with Crippen molar-refractivity contribution in [3.8, 4) is 0 Å². The van der Waals surface area contributed by atoms with Gasteiger partial charge in [0.25, 0.3) is 0 Å². The fraction of sp³-hybridized carbons (Fsp3) is 0.500. The predicted octanol–water partition coefficient (Wildman–Crippen LogP) is 1.21. The summed E-state index contributed by atoms with van der Waals surface area (Å²) in [7, 11) is -0.961. The maximum atomic E-state index is 11.4. The summed E-state index contributed by atoms with van der Waals surface area (Å²) in [5.74, 6) is -0.966. The van der Waals surface area contributed by atoms with Gasteiger partial charge in [-0.15, -0.1) is 11.3 Å². The van der Waals surface area contributed by atoms with Crippen molar-refractivity contribution in [3.05, 3.63) is 16.1 Å². The normalized spacial score (nSPS) is 20.4. The quantitative estimate of drug-likeness (QED) is 0.849. The van der Waals surface area contributed by atoms with Crippen LogP contribution in [0.5, 0.6) is 0 Å². The van der Waals surface area contributed by atoms with Crippen molar-refractivity contribution in [2.24, 2.45) is 0 Å². The molecule has 6 heteroatoms. The standard InChI is InChI=1S/C8H9NO3S2/c1-14(12)8(2-3-8)7-9-4-5(13-7)6(10)11/h4H,2-3H2,1H3,(H,10,11). The van der Waals surface area contributed by atoms with Crippen LogP contribution in [-0.4, -0.2) is 26.5 Å². The van der Waals surface area contributed by atoms with Gasteiger partial charge < -0.3 is 5.11 Å². The Morgan fingerprint density at radius 3 is 2.71 bits per heavy atom. The Labute approximate surface area is 87.4 Å². The molecule has 0 saturated heterocycles. The van der Waals surface area contributed by atoms with Gasteiger partial charge in [-0.3, -0.25) is 4.21 Å². The summed E-state index contributed by atoms with van der Waals surface area (Å²) in [6.07, 6.45) is 4.69. The molecule has 1 heterocycles. The predicted molar refractivity (Wildman–Crippen MR) is 54.1 cm³/mol. The maximum absolute atomic E-state index is 11.4. The van der Waals surface area contributed by atoms with E-state index < -0.39 is 16.8 Å². The lowest BCUT2D eigenvalue weighted by molar-refractivity contribution is 0.0702. The highest BCUT2D eigenvalue weighted by atomic mass is 32.2. The van der Waals surface area contributed by atoms with Crippen molar-refractivity contribution in [1.29, 1.82) is 0 Å². The van der Waals surface area contributed by atoms with E-state index >= 15 is 0 Å². The van der Waals surface area contributed by atoms with E-state index in [0.717, 1.165) is 24.2 Å². The van der Waals surface area contributed by atoms with Gasteiger partial charge in [-0.05, 0) is 12.8 Å². The molecule has 1 N–H and O–H groups in total. The first kappa shape index (κ1) is 9.79. The zero-order chi connectivity index (χ0) is 10.3. The molecule has 0 aliphatic heterocycles. The third-order valence-electron chi connectivity index (χ3n) is 2.36. The molecule has 1 aliphatic carbocycles. The monoisotopic (exact) mass is 231 g/mol. The number of hydrogen-bond donors (Lipinski definition) is 1. The summed E-state index contributed by atoms with van der Waals surface area (Å²) in [4.78, 5) is 14.9. The summed E-state index contributed by atoms with van der Waals surface area (Å²) < 4.78 is 11.1. The zero-order valence-corrected chi connectivity index (χ0v) is 9.15. The third kappa shape index (κ3) is 1.38. The van der Waals surface area contributed by atoms with Crippen LogP contribution in [0.3, 0.4) is 0 Å². The molecular formula is C8H9NO3S2. The van der Waals surface area contributed by atoms with Crippen molar-refractivity contribution in [3.63, 3.8) is 0 Å². The van der Waals surface area contributed by atoms with Crippen molar-refractivity contribution in [1.82, 2.24) is 4.98 Å². The Hall–Kier alpha value is -0.750. The van der Waals surface area contributed by atoms with Crippen LogP contribution < -0.4 is 0 Å². The van der Waals surface area contributed by atoms with Gasteiger partial charge in [0, 0.05) is 17.1 Å². The molecule has 1 saturated carbocycles. The molecule has 0 radical (unpaired) electrons. The van der Waals surface area contributed by atoms with Gasteiger partial charge in [0.05, 0.1) is 10.9 Å². The van der Waals surface area contributed by atoms with Crippen LogP contribution in [-0.2, 0) is 15.5 Å². The highest BCUT2D eigenvalue weighted by molar-refractivity contribution is 7.85. The lowest BCUT2D eigenvalue weighted by atomic mass is 10.4. The van der Waals surface area contributed by atoms with Gasteiger partial charge in [-0.2, -0.15) is 0 Å². The highest BCUT2D eigenvalue weighted by Crippen LogP contribution is 2.51. The fourth-order valence-corrected chi connectivity index (χ4v) is 3.67. The number of carboxylic acids is 1. The Bertz CT molecular complexity index is 408. The van der Waals surface area contributed by atoms with Crippen molar-refractivity contribution < 1.29 is 14.1 Å². The van der Waals surface area contributed by atoms with Crippen molar-refractivity contribution in [2.45, 2.75) is 17.6 Å². The highest BCUT2D eigenvalue weighted by Gasteiger charge is 2.51. The maximum Gasteiger partial charge on any atom is 0.347 e. The first-order valence-electron chi connectivity index (χ1n) is 4.09. The SMILES string of the molecule is CS(=O)C1(c2ncc(C(=O)O)s2)CC1. The molecule has 0 amide bonds. The smallest absolute Gasteiger partial charge is 0.347 e. The Morgan fingerprint density at radius 2 is 2.36 bits per heavy atom. The molecule has 0 aromatic carbocycles. The second-order valence-electron chi connectivity index (χ2n) is 3.28. The van der Waals surface area contributed by atoms with Crippen LogP contribution in [0.1, 0.15) is 27.5 Å². The number of nitrogens with zero attached hydrogens (tertiary/aromatic N) is 1. The Morgan fingerprint density at radius 1 is 1.71 bits per heavy atom. The molecule has 14 heavy (non-hydrogen) atoms. The van der Waals surface area contributed by atoms with Gasteiger partial charge in [0.2, 0.25) is 0 Å². The van der Waals surface area contributed by atoms with Gasteiger partial charge in [0.1, 0.15) is 9.88 Å². The van der Waals surface area contributed by atoms with Gasteiger partial charge in [-0.1, -0.05) is 0 Å². The summed E-state index contributed by atoms with van der Waals surface area (Å²) in [6.45, 7) is 0. The molecule has 4 nitrogen and oxygen atoms in total. The number of hydrogen-bond acceptors (Lipinski definition) is 4. The summed E-state index contributed by atoms with van der Waals surface area (Å²) in [5, 5.41) is 9.42. The first-order valence-corrected chi connectivity index (χ1v) is 6.47. The minimum Gasteiger partial charge on any atom is -0.477 e. The van der Waals surface area contributed by atoms with E-state index in [9.17, 15) is 9.00 Å². The average Bonchev–Trinajstić information content (AvgIpc) is 2.77. The lowest BCUT2D eigenvalue weighted by Crippen LogP contribution is -2.12. The van der Waals surface area contributed by atoms with Crippen LogP contribution in [0.4, 0.5) is 0 Å². The van der Waals surface area contributed by atoms with Crippen molar-refractivity contribution >= 4 is 28.1 Å². The summed E-state index contributed by atoms with van der Waals surface area (Å²) >= 11 is 1.14. The number of rotatable bonds is 3. The van der Waals surface area contributed by atoms with Gasteiger partial charge in [0.15, 0.2) is 0 Å². The van der Waals surface area contributed by atoms with Crippen LogP contribution in [0.25, 0.3) is 0 Å². The lowest BCUT2D eigenvalue weighted by Gasteiger charge is -2.06. The minimum absolute atomic E-state index is 0.219. The molecule has 1 aromatic rings. The van der Waals surface area contributed by atoms with E-state index in [1.54, 1.807) is 6.26 Å². The van der Waals surface area contributed by atoms with Crippen LogP contribution in [0.15, 0.2) is 6.20 Å². The first-order chi connectivity index (χ1) is 6.56. The fourth-order valence-electron chi connectivity index (χ4n) is 1.32. The molecule has 0 bridgehead atoms. The van der Waals surface area contributed by atoms with Gasteiger partial charge in [-0.25, -0.2) is 9.78 Å². The summed E-state index contributed by atoms with van der Waals surface area (Å²) in [6, 6.07) is 0. The molecule has 76 valence electrons. The Kier molecular flexibility index (Phi) is 2.19. The van der Waals surface area contributed by atoms with Crippen LogP contribution >= 0.6 is 11.3 Å². The van der Waals surface area contributed by atoms with E-state index in [1.807, 2.05) is 0 Å². The Balaban J connectivity index is 2.34. The topological polar surface area (TPSA) is 67.3 Å². The zero-order valence-electron chi connectivity index (χ0n) is 7.52. The van der Waals surface area contributed by atoms with E-state index in [4.69, 9.17) is 5.11 Å². The van der Waals surface area contributed by atoms with Crippen molar-refractivity contribution in [2.75, 3.05) is 6.26 Å². The minimum atomic E-state index is -0.966. The number of thiazole rings is 1. The molecule has 1 aliphatic rings. The van der Waals surface area contributed by atoms with E-state index in [1.165, 1.54) is 6.20 Å². The molecule has 1 aromatic heterocycles. The molecule has 1 fully saturated rings. The van der Waals surface area contributed by atoms with Crippen LogP contribution in [0, 0.1) is 0 Å². The second-order valence-corrected chi connectivity index (χ2v) is 6.00. The van der Waals surface area contributed by atoms with E-state index in [2.05, 4.69) is 4.98 Å². The van der Waals surface area contributed by atoms with Crippen LogP contribution in [0.2, 0.25) is 0 Å². The van der Waals surface area contributed by atoms with E-state index in [0.29, 0.717) is 5.01 Å². The number of aromatic nitrogens is 1. The number of aromatic carboxylic acids is 1. The number of carboxylic acid groups (broad SMARTS) is 1. The number of carbonyl (C=O) groups is 1.